The van der Waals surface area contributed by atoms with Crippen LogP contribution in [0.4, 0.5) is 5.82 Å². The molecule has 0 aromatic carbocycles. The van der Waals surface area contributed by atoms with E-state index in [1.807, 2.05) is 6.92 Å². The van der Waals surface area contributed by atoms with Crippen molar-refractivity contribution in [1.29, 1.82) is 0 Å². The van der Waals surface area contributed by atoms with Crippen LogP contribution in [-0.2, 0) is 16.8 Å². The summed E-state index contributed by atoms with van der Waals surface area (Å²) in [4.78, 5) is 9.21. The third-order valence-corrected chi connectivity index (χ3v) is 4.58. The summed E-state index contributed by atoms with van der Waals surface area (Å²) in [5.74, 6) is 1.31. The zero-order chi connectivity index (χ0) is 14.5. The molecule has 1 heterocycles. The molecule has 1 aromatic heterocycles. The van der Waals surface area contributed by atoms with Gasteiger partial charge in [0.05, 0.1) is 9.26 Å². The van der Waals surface area contributed by atoms with Gasteiger partial charge in [-0.2, -0.15) is 0 Å². The van der Waals surface area contributed by atoms with Gasteiger partial charge in [0, 0.05) is 6.61 Å². The van der Waals surface area contributed by atoms with Crippen molar-refractivity contribution in [2.24, 2.45) is 0 Å². The Morgan fingerprint density at radius 2 is 1.79 bits per heavy atom. The summed E-state index contributed by atoms with van der Waals surface area (Å²) in [5.41, 5.74) is 6.67. The average molecular weight is 377 g/mol. The number of hydrogen-bond donors (Lipinski definition) is 1. The maximum Gasteiger partial charge on any atom is 0.162 e. The molecule has 0 bridgehead atoms. The van der Waals surface area contributed by atoms with Crippen LogP contribution < -0.4 is 5.73 Å². The number of hydrogen-bond acceptors (Lipinski definition) is 4. The van der Waals surface area contributed by atoms with Gasteiger partial charge in [0.15, 0.2) is 5.82 Å². The third-order valence-electron chi connectivity index (χ3n) is 3.40. The number of nitrogen functional groups attached to an aromatic ring is 1. The molecule has 0 saturated heterocycles. The molecule has 0 aliphatic heterocycles. The highest BCUT2D eigenvalue weighted by atomic mass is 127. The predicted molar refractivity (Wildman–Crippen MR) is 87.0 cm³/mol. The number of anilines is 1. The van der Waals surface area contributed by atoms with E-state index >= 15 is 0 Å². The van der Waals surface area contributed by atoms with Gasteiger partial charge in [0.25, 0.3) is 0 Å². The number of nitrogens with two attached hydrogens (primary N) is 1. The van der Waals surface area contributed by atoms with Crippen LogP contribution >= 0.6 is 22.6 Å². The van der Waals surface area contributed by atoms with E-state index in [0.717, 1.165) is 40.8 Å². The molecule has 0 fully saturated rings. The van der Waals surface area contributed by atoms with Crippen LogP contribution in [0, 0.1) is 3.57 Å². The fraction of sp³-hybridized carbons (Fsp3) is 0.714. The molecule has 0 radical (unpaired) electrons. The maximum absolute atomic E-state index is 6.04. The van der Waals surface area contributed by atoms with Gasteiger partial charge in [-0.3, -0.25) is 0 Å². The molecule has 0 atom stereocenters. The minimum Gasteiger partial charge on any atom is -0.383 e. The lowest BCUT2D eigenvalue weighted by Crippen LogP contribution is -2.32. The molecule has 108 valence electrons. The van der Waals surface area contributed by atoms with Gasteiger partial charge in [-0.05, 0) is 48.8 Å². The molecule has 5 heteroatoms. The molecule has 19 heavy (non-hydrogen) atoms. The summed E-state index contributed by atoms with van der Waals surface area (Å²) in [6.45, 7) is 9.01. The van der Waals surface area contributed by atoms with Gasteiger partial charge >= 0.3 is 0 Å². The molecule has 0 aliphatic rings. The Hall–Kier alpha value is -0.430. The molecule has 0 unspecified atom stereocenters. The molecule has 4 nitrogen and oxygen atoms in total. The number of aryl methyl sites for hydroxylation is 1. The highest BCUT2D eigenvalue weighted by Crippen LogP contribution is 2.32. The minimum atomic E-state index is -0.407. The quantitative estimate of drug-likeness (QED) is 0.737. The Bertz CT molecular complexity index is 419. The topological polar surface area (TPSA) is 61.0 Å². The Morgan fingerprint density at radius 1 is 1.16 bits per heavy atom. The highest BCUT2D eigenvalue weighted by molar-refractivity contribution is 14.1. The normalized spacial score (nSPS) is 11.8. The highest BCUT2D eigenvalue weighted by Gasteiger charge is 2.33. The van der Waals surface area contributed by atoms with Gasteiger partial charge in [-0.15, -0.1) is 0 Å². The standard InChI is InChI=1S/C14H24IN3O/c1-5-9-10-11(15)12(16)18-13(17-10)14(6-2,7-3)19-8-4/h5-9H2,1-4H3,(H2,16,17,18). The van der Waals surface area contributed by atoms with Crippen molar-refractivity contribution in [3.05, 3.63) is 15.1 Å². The smallest absolute Gasteiger partial charge is 0.162 e. The van der Waals surface area contributed by atoms with Gasteiger partial charge in [0.2, 0.25) is 0 Å². The minimum absolute atomic E-state index is 0.407. The van der Waals surface area contributed by atoms with E-state index in [-0.39, 0.29) is 0 Å². The van der Waals surface area contributed by atoms with Crippen molar-refractivity contribution in [2.75, 3.05) is 12.3 Å². The zero-order valence-corrected chi connectivity index (χ0v) is 14.5. The Morgan fingerprint density at radius 3 is 2.26 bits per heavy atom. The Labute approximate surface area is 129 Å². The first-order valence-electron chi connectivity index (χ1n) is 7.00. The molecule has 1 aromatic rings. The van der Waals surface area contributed by atoms with Crippen LogP contribution in [-0.4, -0.2) is 16.6 Å². The lowest BCUT2D eigenvalue weighted by atomic mass is 9.95. The van der Waals surface area contributed by atoms with Gasteiger partial charge in [-0.1, -0.05) is 27.2 Å². The lowest BCUT2D eigenvalue weighted by Gasteiger charge is -2.30. The van der Waals surface area contributed by atoms with Crippen molar-refractivity contribution in [1.82, 2.24) is 9.97 Å². The molecule has 0 aliphatic carbocycles. The first kappa shape index (κ1) is 16.6. The van der Waals surface area contributed by atoms with E-state index in [9.17, 15) is 0 Å². The summed E-state index contributed by atoms with van der Waals surface area (Å²) in [5, 5.41) is 0. The number of halogens is 1. The van der Waals surface area contributed by atoms with E-state index in [0.29, 0.717) is 12.4 Å². The monoisotopic (exact) mass is 377 g/mol. The maximum atomic E-state index is 6.04. The van der Waals surface area contributed by atoms with Crippen LogP contribution in [0.5, 0.6) is 0 Å². The van der Waals surface area contributed by atoms with Crippen molar-refractivity contribution < 1.29 is 4.74 Å². The third kappa shape index (κ3) is 3.56. The van der Waals surface area contributed by atoms with E-state index in [4.69, 9.17) is 15.5 Å². The molecule has 0 amide bonds. The van der Waals surface area contributed by atoms with Crippen LogP contribution in [0.3, 0.4) is 0 Å². The molecular weight excluding hydrogens is 353 g/mol. The SMILES string of the molecule is CCCc1nc(C(CC)(CC)OCC)nc(N)c1I. The van der Waals surface area contributed by atoms with Crippen LogP contribution in [0.1, 0.15) is 58.5 Å². The average Bonchev–Trinajstić information content (AvgIpc) is 2.41. The first-order chi connectivity index (χ1) is 9.04. The van der Waals surface area contributed by atoms with E-state index in [1.165, 1.54) is 0 Å². The van der Waals surface area contributed by atoms with Crippen molar-refractivity contribution in [2.45, 2.75) is 59.0 Å². The second-order valence-corrected chi connectivity index (χ2v) is 5.66. The summed E-state index contributed by atoms with van der Waals surface area (Å²) in [6, 6.07) is 0. The fourth-order valence-corrected chi connectivity index (χ4v) is 2.74. The number of nitrogens with zero attached hydrogens (tertiary/aromatic N) is 2. The largest absolute Gasteiger partial charge is 0.383 e. The summed E-state index contributed by atoms with van der Waals surface area (Å²) in [6.07, 6.45) is 3.67. The summed E-state index contributed by atoms with van der Waals surface area (Å²) in [7, 11) is 0. The molecular formula is C14H24IN3O. The van der Waals surface area contributed by atoms with E-state index in [2.05, 4.69) is 48.3 Å². The zero-order valence-electron chi connectivity index (χ0n) is 12.3. The summed E-state index contributed by atoms with van der Waals surface area (Å²) >= 11 is 2.23. The number of ether oxygens (including phenoxy) is 1. The van der Waals surface area contributed by atoms with E-state index < -0.39 is 5.60 Å². The molecule has 1 rings (SSSR count). The summed E-state index contributed by atoms with van der Waals surface area (Å²) < 4.78 is 6.93. The van der Waals surface area contributed by atoms with Gasteiger partial charge in [-0.25, -0.2) is 9.97 Å². The van der Waals surface area contributed by atoms with Crippen molar-refractivity contribution in [3.63, 3.8) is 0 Å². The first-order valence-corrected chi connectivity index (χ1v) is 8.08. The van der Waals surface area contributed by atoms with Crippen molar-refractivity contribution in [3.8, 4) is 0 Å². The van der Waals surface area contributed by atoms with Crippen LogP contribution in [0.15, 0.2) is 0 Å². The fourth-order valence-electron chi connectivity index (χ4n) is 2.23. The van der Waals surface area contributed by atoms with Gasteiger partial charge < -0.3 is 10.5 Å². The molecule has 0 saturated carbocycles. The van der Waals surface area contributed by atoms with Crippen molar-refractivity contribution >= 4 is 28.4 Å². The van der Waals surface area contributed by atoms with E-state index in [1.54, 1.807) is 0 Å². The lowest BCUT2D eigenvalue weighted by molar-refractivity contribution is -0.0572. The van der Waals surface area contributed by atoms with Crippen LogP contribution in [0.25, 0.3) is 0 Å². The molecule has 2 N–H and O–H groups in total. The second-order valence-electron chi connectivity index (χ2n) is 4.58. The Kier molecular flexibility index (Phi) is 6.46. The molecule has 0 spiro atoms. The Balaban J connectivity index is 3.31. The van der Waals surface area contributed by atoms with Crippen LogP contribution in [0.2, 0.25) is 0 Å². The van der Waals surface area contributed by atoms with Gasteiger partial charge in [0.1, 0.15) is 11.4 Å². The predicted octanol–water partition coefficient (Wildman–Crippen LogP) is 3.67. The number of rotatable bonds is 7. The number of aromatic nitrogens is 2. The second kappa shape index (κ2) is 7.38.